The van der Waals surface area contributed by atoms with E-state index in [2.05, 4.69) is 33.3 Å². The van der Waals surface area contributed by atoms with E-state index in [4.69, 9.17) is 0 Å². The third-order valence-corrected chi connectivity index (χ3v) is 6.19. The van der Waals surface area contributed by atoms with E-state index in [0.29, 0.717) is 5.75 Å². The van der Waals surface area contributed by atoms with Crippen LogP contribution in [0.2, 0.25) is 0 Å². The van der Waals surface area contributed by atoms with Gasteiger partial charge < -0.3 is 5.32 Å². The van der Waals surface area contributed by atoms with Crippen LogP contribution in [0.5, 0.6) is 0 Å². The van der Waals surface area contributed by atoms with Crippen LogP contribution in [-0.2, 0) is 16.4 Å². The van der Waals surface area contributed by atoms with Crippen molar-refractivity contribution in [3.63, 3.8) is 0 Å². The molecular weight excluding hydrogens is 342 g/mol. The summed E-state index contributed by atoms with van der Waals surface area (Å²) in [6.07, 6.45) is 3.54. The Kier molecular flexibility index (Phi) is 5.25. The van der Waals surface area contributed by atoms with Gasteiger partial charge in [0.05, 0.1) is 33.9 Å². The topological polar surface area (TPSA) is 64.0 Å². The van der Waals surface area contributed by atoms with Crippen LogP contribution in [0, 0.1) is 5.92 Å². The van der Waals surface area contributed by atoms with E-state index in [1.54, 1.807) is 6.20 Å². The van der Waals surface area contributed by atoms with Gasteiger partial charge in [-0.3, -0.25) is 4.68 Å². The molecule has 0 radical (unpaired) electrons. The first-order valence-electron chi connectivity index (χ1n) is 7.13. The average Bonchev–Trinajstić information content (AvgIpc) is 2.94. The lowest BCUT2D eigenvalue weighted by molar-refractivity contribution is 0.367. The Morgan fingerprint density at radius 3 is 2.85 bits per heavy atom. The zero-order valence-electron chi connectivity index (χ0n) is 12.0. The van der Waals surface area contributed by atoms with E-state index in [9.17, 15) is 8.42 Å². The van der Waals surface area contributed by atoms with Gasteiger partial charge in [0, 0.05) is 6.54 Å². The zero-order valence-corrected chi connectivity index (χ0v) is 14.4. The fourth-order valence-electron chi connectivity index (χ4n) is 2.81. The number of nitrogens with zero attached hydrogens (tertiary/aromatic N) is 2. The predicted molar refractivity (Wildman–Crippen MR) is 83.4 cm³/mol. The number of hydrogen-bond donors (Lipinski definition) is 1. The van der Waals surface area contributed by atoms with Gasteiger partial charge in [0.1, 0.15) is 0 Å². The summed E-state index contributed by atoms with van der Waals surface area (Å²) in [6, 6.07) is 0.0454. The van der Waals surface area contributed by atoms with Gasteiger partial charge in [-0.1, -0.05) is 6.92 Å². The molecule has 2 atom stereocenters. The smallest absolute Gasteiger partial charge is 0.150 e. The van der Waals surface area contributed by atoms with Crippen molar-refractivity contribution in [3.05, 3.63) is 16.4 Å². The first kappa shape index (κ1) is 16.0. The highest BCUT2D eigenvalue weighted by Gasteiger charge is 2.36. The number of rotatable bonds is 6. The molecule has 1 aromatic rings. The maximum Gasteiger partial charge on any atom is 0.150 e. The lowest BCUT2D eigenvalue weighted by atomic mass is 9.96. The fourth-order valence-corrected chi connectivity index (χ4v) is 5.19. The van der Waals surface area contributed by atoms with Gasteiger partial charge in [-0.25, -0.2) is 8.42 Å². The molecule has 1 aromatic heterocycles. The Labute approximate surface area is 129 Å². The average molecular weight is 364 g/mol. The standard InChI is InChI=1S/C13H22BrN3O2S/c1-3-6-15-12(10-5-7-20(18,19)9-10)13-11(14)8-16-17(13)4-2/h8,10,12,15H,3-7,9H2,1-2H3. The number of aromatic nitrogens is 2. The molecule has 5 nitrogen and oxygen atoms in total. The van der Waals surface area contributed by atoms with Crippen LogP contribution in [0.4, 0.5) is 0 Å². The normalized spacial score (nSPS) is 23.1. The lowest BCUT2D eigenvalue weighted by Gasteiger charge is -2.25. The Morgan fingerprint density at radius 2 is 2.30 bits per heavy atom. The van der Waals surface area contributed by atoms with Gasteiger partial charge in [0.2, 0.25) is 0 Å². The first-order chi connectivity index (χ1) is 9.48. The number of nitrogens with one attached hydrogen (secondary N) is 1. The van der Waals surface area contributed by atoms with Crippen molar-refractivity contribution in [1.82, 2.24) is 15.1 Å². The summed E-state index contributed by atoms with van der Waals surface area (Å²) in [5.74, 6) is 0.708. The molecule has 114 valence electrons. The van der Waals surface area contributed by atoms with E-state index in [1.807, 2.05) is 11.6 Å². The number of aryl methyl sites for hydroxylation is 1. The maximum atomic E-state index is 11.8. The highest BCUT2D eigenvalue weighted by atomic mass is 79.9. The Bertz CT molecular complexity index is 556. The van der Waals surface area contributed by atoms with Crippen molar-refractivity contribution < 1.29 is 8.42 Å². The van der Waals surface area contributed by atoms with Crippen molar-refractivity contribution in [1.29, 1.82) is 0 Å². The fraction of sp³-hybridized carbons (Fsp3) is 0.769. The number of halogens is 1. The van der Waals surface area contributed by atoms with Crippen LogP contribution >= 0.6 is 15.9 Å². The second kappa shape index (κ2) is 6.58. The quantitative estimate of drug-likeness (QED) is 0.840. The number of sulfone groups is 1. The van der Waals surface area contributed by atoms with Crippen LogP contribution in [0.1, 0.15) is 38.4 Å². The Hall–Kier alpha value is -0.400. The van der Waals surface area contributed by atoms with E-state index in [-0.39, 0.29) is 17.7 Å². The molecule has 1 N–H and O–H groups in total. The van der Waals surface area contributed by atoms with Gasteiger partial charge in [0.25, 0.3) is 0 Å². The molecule has 7 heteroatoms. The molecule has 0 bridgehead atoms. The predicted octanol–water partition coefficient (Wildman–Crippen LogP) is 2.14. The molecule has 0 aromatic carbocycles. The van der Waals surface area contributed by atoms with Crippen molar-refractivity contribution in [2.45, 2.75) is 39.3 Å². The largest absolute Gasteiger partial charge is 0.308 e. The summed E-state index contributed by atoms with van der Waals surface area (Å²) in [4.78, 5) is 0. The highest BCUT2D eigenvalue weighted by Crippen LogP contribution is 2.34. The summed E-state index contributed by atoms with van der Waals surface area (Å²) < 4.78 is 26.4. The molecule has 2 rings (SSSR count). The Morgan fingerprint density at radius 1 is 1.55 bits per heavy atom. The Balaban J connectivity index is 2.30. The molecule has 2 unspecified atom stereocenters. The summed E-state index contributed by atoms with van der Waals surface area (Å²) in [5, 5.41) is 7.86. The third-order valence-electron chi connectivity index (χ3n) is 3.78. The molecular formula is C13H22BrN3O2S. The minimum Gasteiger partial charge on any atom is -0.308 e. The van der Waals surface area contributed by atoms with Crippen molar-refractivity contribution in [2.24, 2.45) is 5.92 Å². The van der Waals surface area contributed by atoms with E-state index in [1.165, 1.54) is 0 Å². The molecule has 1 aliphatic rings. The SMILES string of the molecule is CCCNC(c1c(Br)cnn1CC)C1CCS(=O)(=O)C1. The zero-order chi connectivity index (χ0) is 14.8. The van der Waals surface area contributed by atoms with Crippen LogP contribution in [0.25, 0.3) is 0 Å². The van der Waals surface area contributed by atoms with Crippen LogP contribution < -0.4 is 5.32 Å². The first-order valence-corrected chi connectivity index (χ1v) is 9.75. The van der Waals surface area contributed by atoms with Gasteiger partial charge in [-0.15, -0.1) is 0 Å². The van der Waals surface area contributed by atoms with E-state index < -0.39 is 9.84 Å². The van der Waals surface area contributed by atoms with Crippen LogP contribution in [-0.4, -0.2) is 36.2 Å². The molecule has 1 aliphatic heterocycles. The lowest BCUT2D eigenvalue weighted by Crippen LogP contribution is -2.32. The molecule has 20 heavy (non-hydrogen) atoms. The molecule has 2 heterocycles. The van der Waals surface area contributed by atoms with E-state index >= 15 is 0 Å². The van der Waals surface area contributed by atoms with Crippen LogP contribution in [0.15, 0.2) is 10.7 Å². The highest BCUT2D eigenvalue weighted by molar-refractivity contribution is 9.10. The molecule has 0 saturated carbocycles. The summed E-state index contributed by atoms with van der Waals surface area (Å²) >= 11 is 3.55. The minimum absolute atomic E-state index is 0.0454. The summed E-state index contributed by atoms with van der Waals surface area (Å²) in [5.41, 5.74) is 1.07. The second-order valence-corrected chi connectivity index (χ2v) is 8.37. The van der Waals surface area contributed by atoms with Crippen molar-refractivity contribution in [3.8, 4) is 0 Å². The van der Waals surface area contributed by atoms with Crippen molar-refractivity contribution in [2.75, 3.05) is 18.1 Å². The molecule has 0 aliphatic carbocycles. The summed E-state index contributed by atoms with van der Waals surface area (Å²) in [6.45, 7) is 5.82. The monoisotopic (exact) mass is 363 g/mol. The van der Waals surface area contributed by atoms with E-state index in [0.717, 1.165) is 36.1 Å². The number of hydrogen-bond acceptors (Lipinski definition) is 4. The molecule has 0 amide bonds. The van der Waals surface area contributed by atoms with Gasteiger partial charge in [0.15, 0.2) is 9.84 Å². The van der Waals surface area contributed by atoms with Gasteiger partial charge in [-0.2, -0.15) is 5.10 Å². The van der Waals surface area contributed by atoms with Crippen molar-refractivity contribution >= 4 is 25.8 Å². The third kappa shape index (κ3) is 3.43. The molecule has 1 saturated heterocycles. The maximum absolute atomic E-state index is 11.8. The minimum atomic E-state index is -2.87. The van der Waals surface area contributed by atoms with Gasteiger partial charge in [-0.05, 0) is 48.2 Å². The molecule has 1 fully saturated rings. The summed E-state index contributed by atoms with van der Waals surface area (Å²) in [7, 11) is -2.87. The van der Waals surface area contributed by atoms with Crippen LogP contribution in [0.3, 0.4) is 0 Å². The second-order valence-electron chi connectivity index (χ2n) is 5.29. The van der Waals surface area contributed by atoms with Gasteiger partial charge >= 0.3 is 0 Å². The molecule has 0 spiro atoms.